The van der Waals surface area contributed by atoms with Gasteiger partial charge in [0.15, 0.2) is 0 Å². The quantitative estimate of drug-likeness (QED) is 0.860. The number of piperidine rings is 1. The average molecular weight is 278 g/mol. The van der Waals surface area contributed by atoms with Crippen LogP contribution in [-0.4, -0.2) is 47.0 Å². The Balaban J connectivity index is 1.90. The third-order valence-corrected chi connectivity index (χ3v) is 4.04. The molecule has 0 spiro atoms. The molecule has 112 valence electrons. The van der Waals surface area contributed by atoms with Crippen molar-refractivity contribution < 1.29 is 4.79 Å². The summed E-state index contributed by atoms with van der Waals surface area (Å²) < 4.78 is 2.29. The lowest BCUT2D eigenvalue weighted by Gasteiger charge is -2.32. The molecule has 0 atom stereocenters. The molecule has 2 rings (SSSR count). The molecule has 0 unspecified atom stereocenters. The highest BCUT2D eigenvalue weighted by molar-refractivity contribution is 5.78. The lowest BCUT2D eigenvalue weighted by Crippen LogP contribution is -2.42. The van der Waals surface area contributed by atoms with E-state index in [4.69, 9.17) is 0 Å². The van der Waals surface area contributed by atoms with Gasteiger partial charge < -0.3 is 14.8 Å². The van der Waals surface area contributed by atoms with Crippen LogP contribution in [0, 0.1) is 0 Å². The van der Waals surface area contributed by atoms with Crippen LogP contribution in [0.3, 0.4) is 0 Å². The van der Waals surface area contributed by atoms with Crippen LogP contribution in [0.2, 0.25) is 0 Å². The molecule has 1 aromatic heterocycles. The average Bonchev–Trinajstić information content (AvgIpc) is 2.94. The molecule has 0 saturated carbocycles. The lowest BCUT2D eigenvalue weighted by atomic mass is 9.95. The second-order valence-corrected chi connectivity index (χ2v) is 5.52. The van der Waals surface area contributed by atoms with E-state index in [9.17, 15) is 4.79 Å². The van der Waals surface area contributed by atoms with Crippen LogP contribution in [-0.2, 0) is 11.3 Å². The van der Waals surface area contributed by atoms with Gasteiger partial charge in [-0.3, -0.25) is 4.79 Å². The Morgan fingerprint density at radius 1 is 1.45 bits per heavy atom. The van der Waals surface area contributed by atoms with Gasteiger partial charge >= 0.3 is 0 Å². The Morgan fingerprint density at radius 3 is 2.85 bits per heavy atom. The van der Waals surface area contributed by atoms with Crippen molar-refractivity contribution >= 4 is 5.91 Å². The minimum absolute atomic E-state index is 0.209. The van der Waals surface area contributed by atoms with Crippen molar-refractivity contribution in [3.05, 3.63) is 18.2 Å². The van der Waals surface area contributed by atoms with E-state index in [1.807, 2.05) is 18.1 Å². The molecule has 0 aliphatic carbocycles. The zero-order valence-corrected chi connectivity index (χ0v) is 12.6. The number of nitrogens with one attached hydrogen (secondary N) is 1. The summed E-state index contributed by atoms with van der Waals surface area (Å²) in [5.74, 6) is 1.92. The van der Waals surface area contributed by atoms with Gasteiger partial charge in [-0.25, -0.2) is 4.98 Å². The first-order valence-corrected chi connectivity index (χ1v) is 7.69. The minimum Gasteiger partial charge on any atom is -0.342 e. The van der Waals surface area contributed by atoms with Crippen LogP contribution in [0.5, 0.6) is 0 Å². The number of hydrogen-bond donors (Lipinski definition) is 1. The van der Waals surface area contributed by atoms with Crippen LogP contribution < -0.4 is 5.32 Å². The van der Waals surface area contributed by atoms with Crippen molar-refractivity contribution in [1.82, 2.24) is 19.8 Å². The number of carbonyl (C=O) groups excluding carboxylic acids is 1. The van der Waals surface area contributed by atoms with Gasteiger partial charge in [0.2, 0.25) is 5.91 Å². The van der Waals surface area contributed by atoms with E-state index < -0.39 is 0 Å². The zero-order chi connectivity index (χ0) is 14.4. The first-order valence-electron chi connectivity index (χ1n) is 7.69. The maximum Gasteiger partial charge on any atom is 0.236 e. The van der Waals surface area contributed by atoms with Gasteiger partial charge in [-0.2, -0.15) is 0 Å². The predicted octanol–water partition coefficient (Wildman–Crippen LogP) is 1.61. The topological polar surface area (TPSA) is 50.2 Å². The molecule has 1 amide bonds. The Hall–Kier alpha value is -1.36. The van der Waals surface area contributed by atoms with Gasteiger partial charge in [-0.1, -0.05) is 13.3 Å². The van der Waals surface area contributed by atoms with Crippen molar-refractivity contribution in [1.29, 1.82) is 0 Å². The summed E-state index contributed by atoms with van der Waals surface area (Å²) in [5.41, 5.74) is 0. The fourth-order valence-electron chi connectivity index (χ4n) is 2.85. The molecule has 1 aliphatic rings. The summed E-state index contributed by atoms with van der Waals surface area (Å²) in [4.78, 5) is 18.4. The van der Waals surface area contributed by atoms with Gasteiger partial charge in [-0.15, -0.1) is 0 Å². The molecule has 0 radical (unpaired) electrons. The number of hydrogen-bond acceptors (Lipinski definition) is 3. The molecular formula is C15H26N4O. The first kappa shape index (κ1) is 15.0. The minimum atomic E-state index is 0.209. The predicted molar refractivity (Wildman–Crippen MR) is 79.6 cm³/mol. The van der Waals surface area contributed by atoms with Crippen LogP contribution in [0.15, 0.2) is 12.4 Å². The van der Waals surface area contributed by atoms with Crippen molar-refractivity contribution in [3.8, 4) is 0 Å². The van der Waals surface area contributed by atoms with E-state index in [-0.39, 0.29) is 5.91 Å². The van der Waals surface area contributed by atoms with E-state index in [1.54, 1.807) is 0 Å². The van der Waals surface area contributed by atoms with E-state index >= 15 is 0 Å². The number of carbonyl (C=O) groups is 1. The van der Waals surface area contributed by atoms with E-state index in [2.05, 4.69) is 28.0 Å². The number of aromatic nitrogens is 2. The number of imidazole rings is 1. The SMILES string of the molecule is CCCCn1ccnc1C1CCN(C(=O)CNC)CC1. The standard InChI is InChI=1S/C15H26N4O/c1-3-4-8-19-11-7-17-15(19)13-5-9-18(10-6-13)14(20)12-16-2/h7,11,13,16H,3-6,8-10,12H2,1-2H3. The highest BCUT2D eigenvalue weighted by atomic mass is 16.2. The van der Waals surface area contributed by atoms with Crippen molar-refractivity contribution in [2.24, 2.45) is 0 Å². The highest BCUT2D eigenvalue weighted by Gasteiger charge is 2.25. The Morgan fingerprint density at radius 2 is 2.20 bits per heavy atom. The number of likely N-dealkylation sites (tertiary alicyclic amines) is 1. The van der Waals surface area contributed by atoms with E-state index in [1.165, 1.54) is 18.7 Å². The molecule has 0 aromatic carbocycles. The first-order chi connectivity index (χ1) is 9.76. The summed E-state index contributed by atoms with van der Waals surface area (Å²) in [7, 11) is 1.81. The largest absolute Gasteiger partial charge is 0.342 e. The van der Waals surface area contributed by atoms with Crippen LogP contribution >= 0.6 is 0 Å². The molecule has 5 nitrogen and oxygen atoms in total. The van der Waals surface area contributed by atoms with Gasteiger partial charge in [0.25, 0.3) is 0 Å². The van der Waals surface area contributed by atoms with Gasteiger partial charge in [0.05, 0.1) is 6.54 Å². The fraction of sp³-hybridized carbons (Fsp3) is 0.733. The van der Waals surface area contributed by atoms with Crippen LogP contribution in [0.1, 0.15) is 44.3 Å². The molecule has 5 heteroatoms. The number of rotatable bonds is 6. The highest BCUT2D eigenvalue weighted by Crippen LogP contribution is 2.27. The summed E-state index contributed by atoms with van der Waals surface area (Å²) in [6.45, 7) is 5.42. The van der Waals surface area contributed by atoms with Crippen LogP contribution in [0.4, 0.5) is 0 Å². The second kappa shape index (κ2) is 7.43. The summed E-state index contributed by atoms with van der Waals surface area (Å²) in [6.07, 6.45) is 8.45. The molecule has 2 heterocycles. The smallest absolute Gasteiger partial charge is 0.236 e. The van der Waals surface area contributed by atoms with Gasteiger partial charge in [0.1, 0.15) is 5.82 Å². The number of nitrogens with zero attached hydrogens (tertiary/aromatic N) is 3. The summed E-state index contributed by atoms with van der Waals surface area (Å²) >= 11 is 0. The molecule has 1 aromatic rings. The molecule has 1 saturated heterocycles. The van der Waals surface area contributed by atoms with Crippen LogP contribution in [0.25, 0.3) is 0 Å². The number of unbranched alkanes of at least 4 members (excludes halogenated alkanes) is 1. The van der Waals surface area contributed by atoms with Crippen molar-refractivity contribution in [2.75, 3.05) is 26.7 Å². The molecule has 1 aliphatic heterocycles. The third kappa shape index (κ3) is 3.60. The van der Waals surface area contributed by atoms with E-state index in [0.717, 1.165) is 32.5 Å². The normalized spacial score (nSPS) is 16.6. The van der Waals surface area contributed by atoms with Crippen molar-refractivity contribution in [2.45, 2.75) is 45.1 Å². The monoisotopic (exact) mass is 278 g/mol. The number of likely N-dealkylation sites (N-methyl/N-ethyl adjacent to an activating group) is 1. The summed E-state index contributed by atoms with van der Waals surface area (Å²) in [6, 6.07) is 0. The fourth-order valence-corrected chi connectivity index (χ4v) is 2.85. The molecular weight excluding hydrogens is 252 g/mol. The van der Waals surface area contributed by atoms with Crippen molar-refractivity contribution in [3.63, 3.8) is 0 Å². The maximum atomic E-state index is 11.8. The Kier molecular flexibility index (Phi) is 5.59. The Labute approximate surface area is 121 Å². The summed E-state index contributed by atoms with van der Waals surface area (Å²) in [5, 5.41) is 2.93. The molecule has 1 N–H and O–H groups in total. The molecule has 20 heavy (non-hydrogen) atoms. The lowest BCUT2D eigenvalue weighted by molar-refractivity contribution is -0.131. The second-order valence-electron chi connectivity index (χ2n) is 5.52. The number of aryl methyl sites for hydroxylation is 1. The van der Waals surface area contributed by atoms with Gasteiger partial charge in [-0.05, 0) is 26.3 Å². The molecule has 1 fully saturated rings. The third-order valence-electron chi connectivity index (χ3n) is 4.04. The number of amides is 1. The van der Waals surface area contributed by atoms with E-state index in [0.29, 0.717) is 12.5 Å². The zero-order valence-electron chi connectivity index (χ0n) is 12.6. The Bertz CT molecular complexity index is 421. The maximum absolute atomic E-state index is 11.8. The molecule has 0 bridgehead atoms. The van der Waals surface area contributed by atoms with Gasteiger partial charge in [0, 0.05) is 37.9 Å².